The van der Waals surface area contributed by atoms with Crippen LogP contribution in [0.25, 0.3) is 11.1 Å². The van der Waals surface area contributed by atoms with E-state index >= 15 is 4.39 Å². The normalized spacial score (nSPS) is 15.5. The number of ether oxygens (including phenoxy) is 2. The quantitative estimate of drug-likeness (QED) is 0.370. The molecule has 7 nitrogen and oxygen atoms in total. The molecular weight excluding hydrogens is 535 g/mol. The Balaban J connectivity index is 1.73. The molecular formula is C34H39FN2O5. The number of carbonyl (C=O) groups is 2. The SMILES string of the molecule is Cc1ccc(C(=O)N2CCc3c(C)c([C@H](OC(C)(C)C)C(=O)O)c(-c4cc(F)c5c(c4C)CCCO5)c(C)c3C2)cn1. The third-order valence-corrected chi connectivity index (χ3v) is 8.41. The molecule has 0 unspecified atom stereocenters. The van der Waals surface area contributed by atoms with Crippen LogP contribution in [0.3, 0.4) is 0 Å². The number of carboxylic acids is 1. The Bertz CT molecular complexity index is 1570. The fourth-order valence-corrected chi connectivity index (χ4v) is 6.35. The highest BCUT2D eigenvalue weighted by molar-refractivity contribution is 5.94. The molecule has 1 N–H and O–H groups in total. The fourth-order valence-electron chi connectivity index (χ4n) is 6.35. The molecule has 0 spiro atoms. The molecule has 1 aromatic heterocycles. The van der Waals surface area contributed by atoms with Crippen LogP contribution in [0.15, 0.2) is 24.4 Å². The summed E-state index contributed by atoms with van der Waals surface area (Å²) in [7, 11) is 0. The van der Waals surface area contributed by atoms with E-state index in [9.17, 15) is 14.7 Å². The largest absolute Gasteiger partial charge is 0.490 e. The Kier molecular flexibility index (Phi) is 7.88. The fraction of sp³-hybridized carbons (Fsp3) is 0.441. The van der Waals surface area contributed by atoms with Crippen LogP contribution in [0.5, 0.6) is 5.75 Å². The minimum absolute atomic E-state index is 0.108. The summed E-state index contributed by atoms with van der Waals surface area (Å²) >= 11 is 0. The van der Waals surface area contributed by atoms with Gasteiger partial charge in [0, 0.05) is 36.1 Å². The Hall–Kier alpha value is -3.78. The van der Waals surface area contributed by atoms with Gasteiger partial charge in [0.15, 0.2) is 17.7 Å². The van der Waals surface area contributed by atoms with E-state index in [2.05, 4.69) is 4.98 Å². The first kappa shape index (κ1) is 29.7. The highest BCUT2D eigenvalue weighted by atomic mass is 19.1. The van der Waals surface area contributed by atoms with Gasteiger partial charge in [0.2, 0.25) is 0 Å². The summed E-state index contributed by atoms with van der Waals surface area (Å²) in [6.45, 7) is 14.5. The zero-order valence-electron chi connectivity index (χ0n) is 25.5. The molecule has 0 radical (unpaired) electrons. The highest BCUT2D eigenvalue weighted by Crippen LogP contribution is 2.46. The third-order valence-electron chi connectivity index (χ3n) is 8.41. The van der Waals surface area contributed by atoms with E-state index in [1.165, 1.54) is 6.07 Å². The number of halogens is 1. The lowest BCUT2D eigenvalue weighted by Crippen LogP contribution is -2.37. The van der Waals surface area contributed by atoms with Gasteiger partial charge >= 0.3 is 5.97 Å². The molecule has 0 fully saturated rings. The summed E-state index contributed by atoms with van der Waals surface area (Å²) in [5.74, 6) is -1.39. The summed E-state index contributed by atoms with van der Waals surface area (Å²) in [6, 6.07) is 5.08. The minimum Gasteiger partial charge on any atom is -0.490 e. The van der Waals surface area contributed by atoms with Crippen molar-refractivity contribution in [2.75, 3.05) is 13.2 Å². The van der Waals surface area contributed by atoms with Crippen LogP contribution >= 0.6 is 0 Å². The van der Waals surface area contributed by atoms with E-state index in [1.54, 1.807) is 17.2 Å². The monoisotopic (exact) mass is 574 g/mol. The van der Waals surface area contributed by atoms with Crippen molar-refractivity contribution in [1.29, 1.82) is 0 Å². The number of aromatic nitrogens is 1. The summed E-state index contributed by atoms with van der Waals surface area (Å²) in [4.78, 5) is 32.4. The van der Waals surface area contributed by atoms with Crippen LogP contribution in [0, 0.1) is 33.5 Å². The molecule has 8 heteroatoms. The lowest BCUT2D eigenvalue weighted by molar-refractivity contribution is -0.160. The molecule has 0 saturated carbocycles. The molecule has 42 heavy (non-hydrogen) atoms. The van der Waals surface area contributed by atoms with Crippen molar-refractivity contribution in [3.05, 3.63) is 80.4 Å². The van der Waals surface area contributed by atoms with Gasteiger partial charge in [-0.25, -0.2) is 9.18 Å². The molecule has 3 heterocycles. The van der Waals surface area contributed by atoms with Gasteiger partial charge in [0.25, 0.3) is 5.91 Å². The lowest BCUT2D eigenvalue weighted by Gasteiger charge is -2.36. The Morgan fingerprint density at radius 3 is 2.43 bits per heavy atom. The van der Waals surface area contributed by atoms with Crippen molar-refractivity contribution >= 4 is 11.9 Å². The Labute approximate surface area is 246 Å². The van der Waals surface area contributed by atoms with E-state index in [4.69, 9.17) is 9.47 Å². The van der Waals surface area contributed by atoms with Gasteiger partial charge in [-0.1, -0.05) is 0 Å². The smallest absolute Gasteiger partial charge is 0.337 e. The molecule has 1 atom stereocenters. The van der Waals surface area contributed by atoms with Crippen LogP contribution in [-0.2, 0) is 28.9 Å². The number of amides is 1. The predicted octanol–water partition coefficient (Wildman–Crippen LogP) is 6.59. The first-order valence-electron chi connectivity index (χ1n) is 14.5. The van der Waals surface area contributed by atoms with Gasteiger partial charge in [-0.05, 0) is 125 Å². The van der Waals surface area contributed by atoms with Crippen molar-refractivity contribution in [2.24, 2.45) is 0 Å². The standard InChI is InChI=1S/C34H39FN2O5/c1-18-10-11-22(16-36-18)32(38)37-13-12-23-20(3)29(31(33(39)40)42-34(5,6)7)28(21(4)26(23)17-37)25-15-27(35)30-24(19(25)2)9-8-14-41-30/h10-11,15-16,31H,8-9,12-14,17H2,1-7H3,(H,39,40)/t31-/m0/s1. The maximum absolute atomic E-state index is 15.6. The average Bonchev–Trinajstić information content (AvgIpc) is 2.95. The first-order chi connectivity index (χ1) is 19.8. The second-order valence-corrected chi connectivity index (χ2v) is 12.4. The van der Waals surface area contributed by atoms with Crippen LogP contribution in [0.4, 0.5) is 4.39 Å². The molecule has 3 aromatic rings. The van der Waals surface area contributed by atoms with Gasteiger partial charge in [-0.2, -0.15) is 0 Å². The first-order valence-corrected chi connectivity index (χ1v) is 14.5. The molecule has 2 aromatic carbocycles. The predicted molar refractivity (Wildman–Crippen MR) is 158 cm³/mol. The van der Waals surface area contributed by atoms with E-state index < -0.39 is 23.5 Å². The van der Waals surface area contributed by atoms with Crippen molar-refractivity contribution in [1.82, 2.24) is 9.88 Å². The van der Waals surface area contributed by atoms with E-state index in [-0.39, 0.29) is 11.7 Å². The van der Waals surface area contributed by atoms with Gasteiger partial charge in [0.1, 0.15) is 0 Å². The number of carboxylic acid groups (broad SMARTS) is 1. The minimum atomic E-state index is -1.27. The summed E-state index contributed by atoms with van der Waals surface area (Å²) < 4.78 is 27.5. The number of hydrogen-bond acceptors (Lipinski definition) is 5. The van der Waals surface area contributed by atoms with Crippen LogP contribution in [0.2, 0.25) is 0 Å². The maximum Gasteiger partial charge on any atom is 0.337 e. The number of carbonyl (C=O) groups excluding carboxylic acids is 1. The number of pyridine rings is 1. The van der Waals surface area contributed by atoms with Gasteiger partial charge in [-0.15, -0.1) is 0 Å². The Morgan fingerprint density at radius 2 is 1.79 bits per heavy atom. The zero-order chi connectivity index (χ0) is 30.5. The second-order valence-electron chi connectivity index (χ2n) is 12.4. The van der Waals surface area contributed by atoms with Gasteiger partial charge < -0.3 is 19.5 Å². The topological polar surface area (TPSA) is 89.0 Å². The van der Waals surface area contributed by atoms with Crippen LogP contribution in [-0.4, -0.2) is 45.6 Å². The highest BCUT2D eigenvalue weighted by Gasteiger charge is 2.36. The Morgan fingerprint density at radius 1 is 1.05 bits per heavy atom. The van der Waals surface area contributed by atoms with E-state index in [0.29, 0.717) is 54.8 Å². The molecule has 0 aliphatic carbocycles. The molecule has 222 valence electrons. The van der Waals surface area contributed by atoms with Crippen molar-refractivity contribution < 1.29 is 28.6 Å². The number of nitrogens with zero attached hydrogens (tertiary/aromatic N) is 2. The van der Waals surface area contributed by atoms with Crippen molar-refractivity contribution in [3.8, 4) is 16.9 Å². The number of benzene rings is 2. The average molecular weight is 575 g/mol. The molecule has 1 amide bonds. The van der Waals surface area contributed by atoms with E-state index in [1.807, 2.05) is 54.5 Å². The number of aryl methyl sites for hydroxylation is 1. The third kappa shape index (κ3) is 5.40. The number of fused-ring (bicyclic) bond motifs is 2. The maximum atomic E-state index is 15.6. The summed E-state index contributed by atoms with van der Waals surface area (Å²) in [6.07, 6.45) is 2.35. The molecule has 2 aliphatic rings. The van der Waals surface area contributed by atoms with Gasteiger partial charge in [-0.3, -0.25) is 9.78 Å². The summed E-state index contributed by atoms with van der Waals surface area (Å²) in [5.41, 5.74) is 7.71. The number of hydrogen-bond donors (Lipinski definition) is 1. The molecule has 5 rings (SSSR count). The molecule has 0 bridgehead atoms. The van der Waals surface area contributed by atoms with Crippen molar-refractivity contribution in [2.45, 2.75) is 86.0 Å². The van der Waals surface area contributed by atoms with Crippen LogP contribution in [0.1, 0.15) is 88.3 Å². The number of rotatable bonds is 5. The van der Waals surface area contributed by atoms with Crippen molar-refractivity contribution in [3.63, 3.8) is 0 Å². The lowest BCUT2D eigenvalue weighted by atomic mass is 9.78. The zero-order valence-corrected chi connectivity index (χ0v) is 25.5. The van der Waals surface area contributed by atoms with E-state index in [0.717, 1.165) is 45.5 Å². The molecule has 2 aliphatic heterocycles. The number of aliphatic carboxylic acids is 1. The van der Waals surface area contributed by atoms with Crippen LogP contribution < -0.4 is 4.74 Å². The molecule has 0 saturated heterocycles. The second kappa shape index (κ2) is 11.1. The summed E-state index contributed by atoms with van der Waals surface area (Å²) in [5, 5.41) is 10.5. The van der Waals surface area contributed by atoms with Gasteiger partial charge in [0.05, 0.1) is 17.8 Å².